The highest BCUT2D eigenvalue weighted by Crippen LogP contribution is 2.60. The van der Waals surface area contributed by atoms with Crippen LogP contribution in [0, 0.1) is 35.5 Å². The summed E-state index contributed by atoms with van der Waals surface area (Å²) in [6, 6.07) is 3.47. The summed E-state index contributed by atoms with van der Waals surface area (Å²) >= 11 is 2.71. The molecule has 1 aromatic rings. The third-order valence-electron chi connectivity index (χ3n) is 14.6. The topological polar surface area (TPSA) is 156 Å². The quantitative estimate of drug-likeness (QED) is 0.0593. The first-order valence-electron chi connectivity index (χ1n) is 24.5. The normalized spacial score (nSPS) is 28.0. The smallest absolute Gasteiger partial charge is 0.330 e. The number of rotatable bonds is 18. The molecule has 8 rings (SSSR count). The number of hydrogen-bond acceptors (Lipinski definition) is 14. The SMILES string of the molecule is C=CC(=O)OCCCOC1CCC(C2CCC(C(=O)Oc3ccc(OC(=O)C4CCC(C5CCC(OCCCOC(=O)C=C)CC5)CC4)c4c3SC(=C3C(=O)N=C5C=CC=CN53)S4)CC2)CC1. The molecule has 15 heteroatoms. The Morgan fingerprint density at radius 3 is 1.48 bits per heavy atom. The summed E-state index contributed by atoms with van der Waals surface area (Å²) in [5.74, 6) is 1.67. The summed E-state index contributed by atoms with van der Waals surface area (Å²) in [6.45, 7) is 8.65. The first-order valence-corrected chi connectivity index (χ1v) is 26.1. The molecule has 3 heterocycles. The summed E-state index contributed by atoms with van der Waals surface area (Å²) in [5, 5.41) is 0. The van der Waals surface area contributed by atoms with Crippen molar-refractivity contribution in [1.29, 1.82) is 0 Å². The fourth-order valence-electron chi connectivity index (χ4n) is 10.9. The van der Waals surface area contributed by atoms with Crippen LogP contribution in [0.1, 0.15) is 116 Å². The van der Waals surface area contributed by atoms with Gasteiger partial charge in [0.05, 0.1) is 64.5 Å². The van der Waals surface area contributed by atoms with E-state index in [4.69, 9.17) is 28.4 Å². The van der Waals surface area contributed by atoms with E-state index in [-0.39, 0.29) is 41.9 Å². The molecule has 13 nitrogen and oxygen atoms in total. The van der Waals surface area contributed by atoms with Gasteiger partial charge in [-0.05, 0) is 151 Å². The molecule has 0 bridgehead atoms. The van der Waals surface area contributed by atoms with Crippen LogP contribution in [0.15, 0.2) is 86.6 Å². The summed E-state index contributed by atoms with van der Waals surface area (Å²) in [4.78, 5) is 71.0. The zero-order valence-electron chi connectivity index (χ0n) is 38.4. The maximum Gasteiger partial charge on any atom is 0.330 e. The van der Waals surface area contributed by atoms with Gasteiger partial charge in [-0.1, -0.05) is 42.8 Å². The van der Waals surface area contributed by atoms with Gasteiger partial charge < -0.3 is 28.4 Å². The summed E-state index contributed by atoms with van der Waals surface area (Å²) in [6.07, 6.45) is 27.0. The minimum Gasteiger partial charge on any atom is -0.462 e. The van der Waals surface area contributed by atoms with Crippen LogP contribution in [-0.2, 0) is 42.9 Å². The number of amidine groups is 1. The van der Waals surface area contributed by atoms with Crippen LogP contribution >= 0.6 is 23.5 Å². The Kier molecular flexibility index (Phi) is 17.3. The summed E-state index contributed by atoms with van der Waals surface area (Å²) in [7, 11) is 0. The molecule has 0 aromatic heterocycles. The zero-order valence-corrected chi connectivity index (χ0v) is 40.0. The van der Waals surface area contributed by atoms with Gasteiger partial charge in [0.15, 0.2) is 0 Å². The van der Waals surface area contributed by atoms with Crippen molar-refractivity contribution in [3.63, 3.8) is 0 Å². The second-order valence-corrected chi connectivity index (χ2v) is 21.0. The van der Waals surface area contributed by atoms with Gasteiger partial charge in [-0.25, -0.2) is 9.59 Å². The van der Waals surface area contributed by atoms with Crippen LogP contribution < -0.4 is 9.47 Å². The molecular formula is C52H64N2O11S2. The van der Waals surface area contributed by atoms with E-state index in [2.05, 4.69) is 18.2 Å². The van der Waals surface area contributed by atoms with E-state index in [1.165, 1.54) is 35.7 Å². The molecule has 4 saturated carbocycles. The lowest BCUT2D eigenvalue weighted by atomic mass is 9.70. The number of carbonyl (C=O) groups is 5. The molecule has 0 unspecified atom stereocenters. The standard InChI is InChI=1S/C52H64N2O11S2/c1-3-44(55)62-31-7-29-60-39-22-18-35(19-23-39)33-10-14-37(15-11-33)50(58)64-41-26-27-42(48-47(41)66-52(67-48)46-49(57)53-43-9-5-6-28-54(43)46)65-51(59)38-16-12-34(13-17-38)36-20-24-40(25-21-36)61-30-8-32-63-45(56)4-2/h3-6,9,26-28,33-40H,1-2,7-8,10-25,29-32H2. The highest BCUT2D eigenvalue weighted by molar-refractivity contribution is 8.24. The average molecular weight is 957 g/mol. The number of esters is 4. The predicted octanol–water partition coefficient (Wildman–Crippen LogP) is 10.2. The minimum atomic E-state index is -0.408. The number of fused-ring (bicyclic) bond motifs is 2. The molecular weight excluding hydrogens is 893 g/mol. The molecule has 1 aromatic carbocycles. The van der Waals surface area contributed by atoms with Crippen molar-refractivity contribution >= 4 is 59.1 Å². The number of hydrogen-bond donors (Lipinski definition) is 0. The van der Waals surface area contributed by atoms with E-state index in [1.807, 2.05) is 18.4 Å². The molecule has 4 fully saturated rings. The van der Waals surface area contributed by atoms with Crippen molar-refractivity contribution in [2.45, 2.75) is 138 Å². The Hall–Kier alpha value is -4.44. The molecule has 1 amide bonds. The van der Waals surface area contributed by atoms with Crippen molar-refractivity contribution in [3.8, 4) is 11.5 Å². The molecule has 0 atom stereocenters. The van der Waals surface area contributed by atoms with E-state index in [0.717, 1.165) is 103 Å². The van der Waals surface area contributed by atoms with E-state index in [9.17, 15) is 24.0 Å². The number of allylic oxidation sites excluding steroid dienone is 2. The number of nitrogens with zero attached hydrogens (tertiary/aromatic N) is 2. The van der Waals surface area contributed by atoms with Gasteiger partial charge in [-0.15, -0.1) is 0 Å². The molecule has 0 saturated heterocycles. The lowest BCUT2D eigenvalue weighted by molar-refractivity contribution is -0.142. The number of ether oxygens (including phenoxy) is 6. The van der Waals surface area contributed by atoms with Crippen molar-refractivity contribution in [2.24, 2.45) is 40.5 Å². The van der Waals surface area contributed by atoms with Gasteiger partial charge >= 0.3 is 23.9 Å². The van der Waals surface area contributed by atoms with E-state index >= 15 is 0 Å². The van der Waals surface area contributed by atoms with Crippen LogP contribution in [-0.4, -0.2) is 79.2 Å². The predicted molar refractivity (Wildman–Crippen MR) is 255 cm³/mol. The van der Waals surface area contributed by atoms with E-state index in [1.54, 1.807) is 23.1 Å². The van der Waals surface area contributed by atoms with Crippen molar-refractivity contribution < 1.29 is 52.4 Å². The lowest BCUT2D eigenvalue weighted by Gasteiger charge is -2.37. The molecule has 4 aliphatic carbocycles. The lowest BCUT2D eigenvalue weighted by Crippen LogP contribution is -2.31. The number of benzene rings is 1. The number of carbonyl (C=O) groups excluding carboxylic acids is 5. The summed E-state index contributed by atoms with van der Waals surface area (Å²) < 4.78 is 35.4. The third kappa shape index (κ3) is 12.6. The van der Waals surface area contributed by atoms with Crippen LogP contribution in [0.4, 0.5) is 0 Å². The number of thioether (sulfide) groups is 2. The van der Waals surface area contributed by atoms with Crippen LogP contribution in [0.5, 0.6) is 11.5 Å². The van der Waals surface area contributed by atoms with Gasteiger partial charge in [-0.2, -0.15) is 4.99 Å². The molecule has 7 aliphatic rings. The highest BCUT2D eigenvalue weighted by atomic mass is 32.2. The molecule has 0 radical (unpaired) electrons. The van der Waals surface area contributed by atoms with E-state index in [0.29, 0.717) is 100 Å². The maximum absolute atomic E-state index is 13.9. The van der Waals surface area contributed by atoms with Crippen LogP contribution in [0.2, 0.25) is 0 Å². The molecule has 3 aliphatic heterocycles. The first-order chi connectivity index (χ1) is 32.7. The van der Waals surface area contributed by atoms with Crippen LogP contribution in [0.25, 0.3) is 0 Å². The summed E-state index contributed by atoms with van der Waals surface area (Å²) in [5.41, 5.74) is 0.423. The number of amides is 1. The fraction of sp³-hybridized carbons (Fsp3) is 0.577. The first kappa shape index (κ1) is 49.0. The van der Waals surface area contributed by atoms with Gasteiger partial charge in [0.25, 0.3) is 5.91 Å². The van der Waals surface area contributed by atoms with Gasteiger partial charge in [-0.3, -0.25) is 19.3 Å². The van der Waals surface area contributed by atoms with Crippen LogP contribution in [0.3, 0.4) is 0 Å². The molecule has 0 N–H and O–H groups in total. The second-order valence-electron chi connectivity index (χ2n) is 18.7. The van der Waals surface area contributed by atoms with E-state index < -0.39 is 11.9 Å². The molecule has 360 valence electrons. The molecule has 0 spiro atoms. The Morgan fingerprint density at radius 2 is 1.04 bits per heavy atom. The maximum atomic E-state index is 13.9. The Labute approximate surface area is 402 Å². The fourth-order valence-corrected chi connectivity index (χ4v) is 13.6. The highest BCUT2D eigenvalue weighted by Gasteiger charge is 2.40. The Morgan fingerprint density at radius 1 is 0.612 bits per heavy atom. The van der Waals surface area contributed by atoms with Gasteiger partial charge in [0.1, 0.15) is 23.0 Å². The van der Waals surface area contributed by atoms with Crippen molar-refractivity contribution in [2.75, 3.05) is 26.4 Å². The van der Waals surface area contributed by atoms with Gasteiger partial charge in [0.2, 0.25) is 0 Å². The zero-order chi connectivity index (χ0) is 46.7. The van der Waals surface area contributed by atoms with Gasteiger partial charge in [0, 0.05) is 31.2 Å². The molecule has 67 heavy (non-hydrogen) atoms. The Bertz CT molecular complexity index is 2020. The Balaban J connectivity index is 0.836. The van der Waals surface area contributed by atoms with Crippen molar-refractivity contribution in [3.05, 3.63) is 71.8 Å². The van der Waals surface area contributed by atoms with Crippen molar-refractivity contribution in [1.82, 2.24) is 4.90 Å². The number of aliphatic imine (C=N–C) groups is 1. The monoisotopic (exact) mass is 956 g/mol. The minimum absolute atomic E-state index is 0.209. The second kappa shape index (κ2) is 23.7. The average Bonchev–Trinajstić information content (AvgIpc) is 3.96. The third-order valence-corrected chi connectivity index (χ3v) is 17.2. The largest absolute Gasteiger partial charge is 0.462 e.